The van der Waals surface area contributed by atoms with Gasteiger partial charge in [0.2, 0.25) is 11.9 Å². The monoisotopic (exact) mass is 522 g/mol. The van der Waals surface area contributed by atoms with Crippen LogP contribution in [0.15, 0.2) is 36.4 Å². The topological polar surface area (TPSA) is 153 Å². The van der Waals surface area contributed by atoms with Crippen molar-refractivity contribution in [3.63, 3.8) is 0 Å². The molecular weight excluding hydrogens is 510 g/mol. The molecule has 0 saturated heterocycles. The third-order valence-electron chi connectivity index (χ3n) is 4.33. The zero-order chi connectivity index (χ0) is 23.5. The van der Waals surface area contributed by atoms with Crippen LogP contribution in [0.1, 0.15) is 0 Å². The van der Waals surface area contributed by atoms with E-state index in [-0.39, 0.29) is 18.6 Å². The van der Waals surface area contributed by atoms with Crippen LogP contribution in [-0.2, 0) is 0 Å². The molecule has 2 aromatic heterocycles. The molecule has 4 aromatic rings. The molecule has 0 aliphatic rings. The third kappa shape index (κ3) is 4.93. The molecule has 0 bridgehead atoms. The van der Waals surface area contributed by atoms with Gasteiger partial charge in [-0.1, -0.05) is 70.7 Å². The Morgan fingerprint density at radius 2 is 1.06 bits per heavy atom. The van der Waals surface area contributed by atoms with E-state index in [0.717, 1.165) is 0 Å². The summed E-state index contributed by atoms with van der Waals surface area (Å²) in [4.78, 5) is 8.43. The van der Waals surface area contributed by atoms with Gasteiger partial charge in [-0.2, -0.15) is 9.97 Å². The van der Waals surface area contributed by atoms with Crippen LogP contribution in [0, 0.1) is 0 Å². The van der Waals surface area contributed by atoms with Gasteiger partial charge in [0.25, 0.3) is 0 Å². The number of rotatable bonds is 6. The lowest BCUT2D eigenvalue weighted by Crippen LogP contribution is -2.17. The number of halogens is 4. The molecule has 2 heterocycles. The summed E-state index contributed by atoms with van der Waals surface area (Å²) >= 11 is 24.9. The molecule has 0 aliphatic carbocycles. The Labute approximate surface area is 207 Å². The summed E-state index contributed by atoms with van der Waals surface area (Å²) in [5.41, 5.74) is 13.2. The van der Waals surface area contributed by atoms with Crippen molar-refractivity contribution in [3.8, 4) is 22.5 Å². The lowest BCUT2D eigenvalue weighted by molar-refractivity contribution is 0.973. The normalized spacial score (nSPS) is 10.8. The van der Waals surface area contributed by atoms with Crippen molar-refractivity contribution in [3.05, 3.63) is 56.5 Å². The molecule has 33 heavy (non-hydrogen) atoms. The van der Waals surface area contributed by atoms with E-state index >= 15 is 0 Å². The first-order valence-electron chi connectivity index (χ1n) is 9.22. The Morgan fingerprint density at radius 1 is 0.636 bits per heavy atom. The zero-order valence-corrected chi connectivity index (χ0v) is 19.5. The quantitative estimate of drug-likeness (QED) is 0.262. The highest BCUT2D eigenvalue weighted by Gasteiger charge is 2.17. The first-order chi connectivity index (χ1) is 15.8. The molecule has 14 heteroatoms. The maximum absolute atomic E-state index is 6.34. The van der Waals surface area contributed by atoms with E-state index in [2.05, 4.69) is 41.0 Å². The number of nitrogens with zero attached hydrogens (tertiary/aromatic N) is 6. The van der Waals surface area contributed by atoms with Crippen molar-refractivity contribution in [1.82, 2.24) is 30.4 Å². The highest BCUT2D eigenvalue weighted by molar-refractivity contribution is 6.44. The number of nitrogens with two attached hydrogens (primary N) is 2. The Morgan fingerprint density at radius 3 is 1.48 bits per heavy atom. The van der Waals surface area contributed by atoms with Crippen molar-refractivity contribution in [2.75, 3.05) is 28.8 Å². The second-order valence-electron chi connectivity index (χ2n) is 6.47. The van der Waals surface area contributed by atoms with Gasteiger partial charge in [-0.3, -0.25) is 0 Å². The van der Waals surface area contributed by atoms with Crippen LogP contribution >= 0.6 is 46.4 Å². The number of anilines is 4. The van der Waals surface area contributed by atoms with Crippen molar-refractivity contribution in [2.45, 2.75) is 0 Å². The van der Waals surface area contributed by atoms with Crippen molar-refractivity contribution in [2.24, 2.45) is 0 Å². The molecule has 0 unspecified atom stereocenters. The lowest BCUT2D eigenvalue weighted by atomic mass is 10.1. The number of nitrogens with one attached hydrogen (secondary N) is 2. The second-order valence-corrected chi connectivity index (χ2v) is 8.04. The summed E-state index contributed by atoms with van der Waals surface area (Å²) in [5.74, 6) is 0.575. The highest BCUT2D eigenvalue weighted by atomic mass is 35.5. The summed E-state index contributed by atoms with van der Waals surface area (Å²) < 4.78 is 0. The first-order valence-corrected chi connectivity index (χ1v) is 10.7. The molecule has 0 radical (unpaired) electrons. The standard InChI is InChI=1S/C19H14Cl4N10/c20-10-5-1-3-8(12(10)22)14-16(28-18(24)32-30-14)26-7-27-17-15(31-33-19(25)29-17)9-4-2-6-11(21)13(9)23/h1-6H,7H2,(H3,24,26,28,32)(H3,25,27,29,33). The van der Waals surface area contributed by atoms with Crippen LogP contribution < -0.4 is 22.1 Å². The van der Waals surface area contributed by atoms with Crippen LogP contribution in [0.25, 0.3) is 22.5 Å². The van der Waals surface area contributed by atoms with Gasteiger partial charge in [0, 0.05) is 11.1 Å². The molecule has 0 aliphatic heterocycles. The van der Waals surface area contributed by atoms with Crippen molar-refractivity contribution < 1.29 is 0 Å². The number of aromatic nitrogens is 6. The van der Waals surface area contributed by atoms with E-state index in [4.69, 9.17) is 57.9 Å². The summed E-state index contributed by atoms with van der Waals surface area (Å²) in [5, 5.41) is 23.4. The lowest BCUT2D eigenvalue weighted by Gasteiger charge is -2.14. The fourth-order valence-electron chi connectivity index (χ4n) is 2.87. The third-order valence-corrected chi connectivity index (χ3v) is 5.97. The molecule has 2 aromatic carbocycles. The zero-order valence-electron chi connectivity index (χ0n) is 16.5. The van der Waals surface area contributed by atoms with Crippen LogP contribution in [0.2, 0.25) is 20.1 Å². The minimum Gasteiger partial charge on any atom is -0.366 e. The van der Waals surface area contributed by atoms with E-state index in [0.29, 0.717) is 54.2 Å². The molecular formula is C19H14Cl4N10. The van der Waals surface area contributed by atoms with E-state index in [1.807, 2.05) is 0 Å². The minimum atomic E-state index is -0.0289. The fourth-order valence-corrected chi connectivity index (χ4v) is 3.65. The van der Waals surface area contributed by atoms with E-state index in [1.54, 1.807) is 36.4 Å². The Bertz CT molecular complexity index is 1230. The highest BCUT2D eigenvalue weighted by Crippen LogP contribution is 2.36. The maximum atomic E-state index is 6.34. The molecule has 4 rings (SSSR count). The van der Waals surface area contributed by atoms with Crippen LogP contribution in [-0.4, -0.2) is 37.0 Å². The number of hydrogen-bond donors (Lipinski definition) is 4. The molecule has 0 fully saturated rings. The predicted molar refractivity (Wildman–Crippen MR) is 132 cm³/mol. The number of benzene rings is 2. The SMILES string of the molecule is Nc1nnc(-c2cccc(Cl)c2Cl)c(NCNc2nc(N)nnc2-c2cccc(Cl)c2Cl)n1. The molecule has 0 amide bonds. The number of hydrogen-bond acceptors (Lipinski definition) is 10. The average molecular weight is 524 g/mol. The van der Waals surface area contributed by atoms with E-state index in [9.17, 15) is 0 Å². The molecule has 168 valence electrons. The summed E-state index contributed by atoms with van der Waals surface area (Å²) in [6.07, 6.45) is 0. The van der Waals surface area contributed by atoms with Gasteiger partial charge in [0.15, 0.2) is 11.6 Å². The first kappa shape index (κ1) is 23.0. The van der Waals surface area contributed by atoms with Gasteiger partial charge < -0.3 is 22.1 Å². The smallest absolute Gasteiger partial charge is 0.242 e. The van der Waals surface area contributed by atoms with E-state index < -0.39 is 0 Å². The van der Waals surface area contributed by atoms with Crippen molar-refractivity contribution >= 4 is 69.9 Å². The average Bonchev–Trinajstić information content (AvgIpc) is 2.79. The largest absolute Gasteiger partial charge is 0.366 e. The van der Waals surface area contributed by atoms with Gasteiger partial charge in [-0.15, -0.1) is 20.4 Å². The fraction of sp³-hybridized carbons (Fsp3) is 0.0526. The Kier molecular flexibility index (Phi) is 6.80. The Balaban J connectivity index is 1.63. The van der Waals surface area contributed by atoms with E-state index in [1.165, 1.54) is 0 Å². The maximum Gasteiger partial charge on any atom is 0.242 e. The summed E-state index contributed by atoms with van der Waals surface area (Å²) in [6, 6.07) is 10.3. The predicted octanol–water partition coefficient (Wildman–Crippen LogP) is 4.65. The summed E-state index contributed by atoms with van der Waals surface area (Å²) in [6.45, 7) is 0.118. The summed E-state index contributed by atoms with van der Waals surface area (Å²) in [7, 11) is 0. The van der Waals surface area contributed by atoms with Crippen molar-refractivity contribution in [1.29, 1.82) is 0 Å². The molecule has 6 N–H and O–H groups in total. The second kappa shape index (κ2) is 9.75. The van der Waals surface area contributed by atoms with Crippen LogP contribution in [0.5, 0.6) is 0 Å². The van der Waals surface area contributed by atoms with Crippen LogP contribution in [0.4, 0.5) is 23.5 Å². The molecule has 0 saturated carbocycles. The molecule has 10 nitrogen and oxygen atoms in total. The van der Waals surface area contributed by atoms with Gasteiger partial charge in [0.1, 0.15) is 11.4 Å². The Hall–Kier alpha value is -3.18. The van der Waals surface area contributed by atoms with Gasteiger partial charge in [0.05, 0.1) is 26.8 Å². The molecule has 0 spiro atoms. The van der Waals surface area contributed by atoms with Crippen LogP contribution in [0.3, 0.4) is 0 Å². The number of nitrogen functional groups attached to an aromatic ring is 2. The van der Waals surface area contributed by atoms with Gasteiger partial charge in [-0.25, -0.2) is 0 Å². The molecule has 0 atom stereocenters. The van der Waals surface area contributed by atoms with Gasteiger partial charge >= 0.3 is 0 Å². The van der Waals surface area contributed by atoms with Gasteiger partial charge in [-0.05, 0) is 12.1 Å². The minimum absolute atomic E-state index is 0.0289.